The Labute approximate surface area is 143 Å². The maximum atomic E-state index is 11.8. The summed E-state index contributed by atoms with van der Waals surface area (Å²) >= 11 is 0. The van der Waals surface area contributed by atoms with E-state index in [4.69, 9.17) is 4.74 Å². The van der Waals surface area contributed by atoms with Crippen LogP contribution in [0.4, 0.5) is 0 Å². The third-order valence-corrected chi connectivity index (χ3v) is 4.01. The first-order valence-corrected chi connectivity index (χ1v) is 7.93. The summed E-state index contributed by atoms with van der Waals surface area (Å²) in [6, 6.07) is 14.6. The molecule has 124 valence electrons. The van der Waals surface area contributed by atoms with Gasteiger partial charge in [0, 0.05) is 12.5 Å². The molecule has 23 heavy (non-hydrogen) atoms. The van der Waals surface area contributed by atoms with E-state index in [1.165, 1.54) is 11.8 Å². The van der Waals surface area contributed by atoms with Crippen LogP contribution in [-0.4, -0.2) is 31.6 Å². The van der Waals surface area contributed by atoms with Crippen LogP contribution >= 0.6 is 12.4 Å². The quantitative estimate of drug-likeness (QED) is 0.799. The Morgan fingerprint density at radius 1 is 1.22 bits per heavy atom. The van der Waals surface area contributed by atoms with Crippen LogP contribution in [0, 0.1) is 0 Å². The van der Waals surface area contributed by atoms with E-state index < -0.39 is 0 Å². The Kier molecular flexibility index (Phi) is 6.68. The second kappa shape index (κ2) is 8.75. The van der Waals surface area contributed by atoms with Crippen LogP contribution in [0.2, 0.25) is 0 Å². The van der Waals surface area contributed by atoms with Crippen molar-refractivity contribution in [1.29, 1.82) is 0 Å². The van der Waals surface area contributed by atoms with Crippen LogP contribution < -0.4 is 15.4 Å². The molecule has 1 fully saturated rings. The number of rotatable bonds is 6. The predicted molar refractivity (Wildman–Crippen MR) is 95.3 cm³/mol. The van der Waals surface area contributed by atoms with Crippen LogP contribution in [0.1, 0.15) is 19.3 Å². The number of halogens is 1. The molecule has 2 N–H and O–H groups in total. The standard InChI is InChI=1S/C18H22N2O2.ClH/c21-18(13-16-6-3-9-19-16)20-10-11-22-17-8-7-14-4-1-2-5-15(14)12-17;/h1-2,4-5,7-8,12,16,19H,3,6,9-11,13H2,(H,20,21);1H. The molecule has 2 aromatic carbocycles. The van der Waals surface area contributed by atoms with Crippen LogP contribution in [0.15, 0.2) is 42.5 Å². The summed E-state index contributed by atoms with van der Waals surface area (Å²) in [5.74, 6) is 0.937. The Bertz CT molecular complexity index is 642. The third-order valence-electron chi connectivity index (χ3n) is 4.01. The maximum Gasteiger partial charge on any atom is 0.221 e. The first-order valence-electron chi connectivity index (χ1n) is 7.93. The van der Waals surface area contributed by atoms with Gasteiger partial charge in [0.05, 0.1) is 6.54 Å². The molecule has 0 aromatic heterocycles. The smallest absolute Gasteiger partial charge is 0.221 e. The van der Waals surface area contributed by atoms with Crippen molar-refractivity contribution in [1.82, 2.24) is 10.6 Å². The number of carbonyl (C=O) groups is 1. The number of carbonyl (C=O) groups excluding carboxylic acids is 1. The molecule has 0 bridgehead atoms. The predicted octanol–water partition coefficient (Wildman–Crippen LogP) is 2.90. The number of ether oxygens (including phenoxy) is 1. The van der Waals surface area contributed by atoms with Crippen molar-refractivity contribution in [3.8, 4) is 5.75 Å². The van der Waals surface area contributed by atoms with Gasteiger partial charge in [0.25, 0.3) is 0 Å². The lowest BCUT2D eigenvalue weighted by molar-refractivity contribution is -0.121. The fourth-order valence-electron chi connectivity index (χ4n) is 2.84. The minimum atomic E-state index is 0. The Balaban J connectivity index is 0.00000192. The van der Waals surface area contributed by atoms with Gasteiger partial charge >= 0.3 is 0 Å². The number of hydrogen-bond donors (Lipinski definition) is 2. The first kappa shape index (κ1) is 17.6. The van der Waals surface area contributed by atoms with Gasteiger partial charge in [0.15, 0.2) is 0 Å². The monoisotopic (exact) mass is 334 g/mol. The van der Waals surface area contributed by atoms with E-state index in [2.05, 4.69) is 28.8 Å². The average Bonchev–Trinajstić information content (AvgIpc) is 3.04. The van der Waals surface area contributed by atoms with Crippen molar-refractivity contribution in [2.45, 2.75) is 25.3 Å². The van der Waals surface area contributed by atoms with Gasteiger partial charge in [-0.25, -0.2) is 0 Å². The molecular weight excluding hydrogens is 312 g/mol. The number of fused-ring (bicyclic) bond motifs is 1. The van der Waals surface area contributed by atoms with Gasteiger partial charge in [-0.15, -0.1) is 12.4 Å². The third kappa shape index (κ3) is 5.12. The van der Waals surface area contributed by atoms with Crippen molar-refractivity contribution < 1.29 is 9.53 Å². The average molecular weight is 335 g/mol. The second-order valence-corrected chi connectivity index (χ2v) is 5.70. The summed E-state index contributed by atoms with van der Waals surface area (Å²) in [5.41, 5.74) is 0. The second-order valence-electron chi connectivity index (χ2n) is 5.70. The van der Waals surface area contributed by atoms with Gasteiger partial charge in [-0.05, 0) is 42.3 Å². The van der Waals surface area contributed by atoms with Gasteiger partial charge in [-0.2, -0.15) is 0 Å². The number of amides is 1. The van der Waals surface area contributed by atoms with Gasteiger partial charge < -0.3 is 15.4 Å². The fraction of sp³-hybridized carbons (Fsp3) is 0.389. The van der Waals surface area contributed by atoms with E-state index in [0.29, 0.717) is 25.6 Å². The molecular formula is C18H23ClN2O2. The highest BCUT2D eigenvalue weighted by Gasteiger charge is 2.17. The lowest BCUT2D eigenvalue weighted by atomic mass is 10.1. The maximum absolute atomic E-state index is 11.8. The zero-order chi connectivity index (χ0) is 15.2. The molecule has 2 aromatic rings. The molecule has 1 unspecified atom stereocenters. The van der Waals surface area contributed by atoms with E-state index in [-0.39, 0.29) is 18.3 Å². The van der Waals surface area contributed by atoms with E-state index in [1.54, 1.807) is 0 Å². The summed E-state index contributed by atoms with van der Waals surface area (Å²) < 4.78 is 5.70. The Hall–Kier alpha value is -1.78. The van der Waals surface area contributed by atoms with Crippen molar-refractivity contribution >= 4 is 29.1 Å². The summed E-state index contributed by atoms with van der Waals surface area (Å²) in [5, 5.41) is 8.61. The first-order chi connectivity index (χ1) is 10.8. The van der Waals surface area contributed by atoms with Crippen LogP contribution in [0.25, 0.3) is 10.8 Å². The SMILES string of the molecule is Cl.O=C(CC1CCCN1)NCCOc1ccc2ccccc2c1. The summed E-state index contributed by atoms with van der Waals surface area (Å²) in [7, 11) is 0. The lowest BCUT2D eigenvalue weighted by Crippen LogP contribution is -2.33. The van der Waals surface area contributed by atoms with Crippen molar-refractivity contribution in [3.63, 3.8) is 0 Å². The largest absolute Gasteiger partial charge is 0.492 e. The highest BCUT2D eigenvalue weighted by molar-refractivity contribution is 5.85. The summed E-state index contributed by atoms with van der Waals surface area (Å²) in [4.78, 5) is 11.8. The van der Waals surface area contributed by atoms with E-state index in [9.17, 15) is 4.79 Å². The minimum absolute atomic E-state index is 0. The van der Waals surface area contributed by atoms with Crippen molar-refractivity contribution in [2.24, 2.45) is 0 Å². The molecule has 1 saturated heterocycles. The van der Waals surface area contributed by atoms with Gasteiger partial charge in [-0.3, -0.25) is 4.79 Å². The molecule has 0 radical (unpaired) electrons. The van der Waals surface area contributed by atoms with E-state index >= 15 is 0 Å². The minimum Gasteiger partial charge on any atom is -0.492 e. The van der Waals surface area contributed by atoms with Crippen molar-refractivity contribution in [2.75, 3.05) is 19.7 Å². The highest BCUT2D eigenvalue weighted by atomic mass is 35.5. The molecule has 0 spiro atoms. The van der Waals surface area contributed by atoms with E-state index in [0.717, 1.165) is 24.1 Å². The molecule has 1 aliphatic rings. The molecule has 1 heterocycles. The summed E-state index contributed by atoms with van der Waals surface area (Å²) in [6.07, 6.45) is 2.83. The highest BCUT2D eigenvalue weighted by Crippen LogP contribution is 2.20. The van der Waals surface area contributed by atoms with Crippen LogP contribution in [0.5, 0.6) is 5.75 Å². The van der Waals surface area contributed by atoms with Gasteiger partial charge in [-0.1, -0.05) is 30.3 Å². The molecule has 1 aliphatic heterocycles. The van der Waals surface area contributed by atoms with Crippen LogP contribution in [0.3, 0.4) is 0 Å². The zero-order valence-electron chi connectivity index (χ0n) is 13.1. The van der Waals surface area contributed by atoms with E-state index in [1.807, 2.05) is 24.3 Å². The molecule has 0 aliphatic carbocycles. The Morgan fingerprint density at radius 2 is 2.04 bits per heavy atom. The molecule has 1 atom stereocenters. The van der Waals surface area contributed by atoms with Gasteiger partial charge in [0.1, 0.15) is 12.4 Å². The normalized spacial score (nSPS) is 16.8. The molecule has 0 saturated carbocycles. The van der Waals surface area contributed by atoms with Crippen LogP contribution in [-0.2, 0) is 4.79 Å². The number of hydrogen-bond acceptors (Lipinski definition) is 3. The molecule has 5 heteroatoms. The van der Waals surface area contributed by atoms with Gasteiger partial charge in [0.2, 0.25) is 5.91 Å². The molecule has 4 nitrogen and oxygen atoms in total. The number of benzene rings is 2. The lowest BCUT2D eigenvalue weighted by Gasteiger charge is -2.11. The Morgan fingerprint density at radius 3 is 2.83 bits per heavy atom. The van der Waals surface area contributed by atoms with Crippen molar-refractivity contribution in [3.05, 3.63) is 42.5 Å². The molecule has 3 rings (SSSR count). The zero-order valence-corrected chi connectivity index (χ0v) is 13.9. The topological polar surface area (TPSA) is 50.4 Å². The fourth-order valence-corrected chi connectivity index (χ4v) is 2.84. The summed E-state index contributed by atoms with van der Waals surface area (Å²) in [6.45, 7) is 2.06. The number of nitrogens with one attached hydrogen (secondary N) is 2. The molecule has 1 amide bonds.